The normalized spacial score (nSPS) is 11.9. The Kier molecular flexibility index (Phi) is 5.60. The van der Waals surface area contributed by atoms with Crippen molar-refractivity contribution < 1.29 is 29.2 Å². The van der Waals surface area contributed by atoms with Gasteiger partial charge in [-0.15, -0.1) is 0 Å². The Labute approximate surface area is 133 Å². The Morgan fingerprint density at radius 2 is 1.57 bits per heavy atom. The lowest BCUT2D eigenvalue weighted by atomic mass is 10.2. The van der Waals surface area contributed by atoms with Crippen LogP contribution < -0.4 is 14.2 Å². The van der Waals surface area contributed by atoms with E-state index < -0.39 is 12.4 Å². The molecule has 0 saturated heterocycles. The number of para-hydroxylation sites is 3. The lowest BCUT2D eigenvalue weighted by Gasteiger charge is -2.17. The maximum absolute atomic E-state index is 10.6. The van der Waals surface area contributed by atoms with Gasteiger partial charge in [0.05, 0.1) is 7.11 Å². The molecule has 0 heterocycles. The van der Waals surface area contributed by atoms with Gasteiger partial charge in [0.15, 0.2) is 11.5 Å². The summed E-state index contributed by atoms with van der Waals surface area (Å²) in [5.74, 6) is -0.0201. The first kappa shape index (κ1) is 16.4. The highest BCUT2D eigenvalue weighted by atomic mass is 16.8. The van der Waals surface area contributed by atoms with Crippen LogP contribution in [-0.2, 0) is 4.79 Å². The van der Waals surface area contributed by atoms with Crippen molar-refractivity contribution in [1.82, 2.24) is 0 Å². The summed E-state index contributed by atoms with van der Waals surface area (Å²) in [6.45, 7) is -1.58. The highest BCUT2D eigenvalue weighted by Gasteiger charge is 2.13. The number of hydrogen-bond donors (Lipinski definition) is 2. The summed E-state index contributed by atoms with van der Waals surface area (Å²) in [5, 5.41) is 18.6. The van der Waals surface area contributed by atoms with E-state index in [1.165, 1.54) is 13.2 Å². The number of carboxylic acid groups (broad SMARTS) is 1. The molecule has 0 aromatic heterocycles. The topological polar surface area (TPSA) is 85.2 Å². The second-order valence-electron chi connectivity index (χ2n) is 4.40. The molecule has 2 aromatic carbocycles. The fourth-order valence-corrected chi connectivity index (χ4v) is 1.84. The molecule has 0 spiro atoms. The molecule has 0 saturated carbocycles. The number of hydrogen-bond acceptors (Lipinski definition) is 5. The van der Waals surface area contributed by atoms with E-state index in [1.54, 1.807) is 48.5 Å². The van der Waals surface area contributed by atoms with E-state index in [0.717, 1.165) is 6.08 Å². The summed E-state index contributed by atoms with van der Waals surface area (Å²) in [4.78, 5) is 10.6. The zero-order valence-electron chi connectivity index (χ0n) is 12.4. The van der Waals surface area contributed by atoms with Crippen LogP contribution in [0.25, 0.3) is 6.08 Å². The van der Waals surface area contributed by atoms with Crippen molar-refractivity contribution in [2.75, 3.05) is 7.11 Å². The summed E-state index contributed by atoms with van der Waals surface area (Å²) < 4.78 is 15.7. The Hall–Kier alpha value is -2.99. The highest BCUT2D eigenvalue weighted by molar-refractivity contribution is 5.85. The SMILES string of the molecule is COc1ccccc1OC(O)Oc1ccccc1/C=C/C(=O)O. The first-order chi connectivity index (χ1) is 11.1. The molecule has 6 nitrogen and oxygen atoms in total. The predicted molar refractivity (Wildman–Crippen MR) is 83.4 cm³/mol. The minimum atomic E-state index is -1.58. The van der Waals surface area contributed by atoms with Gasteiger partial charge in [-0.25, -0.2) is 4.79 Å². The first-order valence-electron chi connectivity index (χ1n) is 6.74. The third kappa shape index (κ3) is 4.76. The number of aliphatic hydroxyl groups is 1. The van der Waals surface area contributed by atoms with E-state index in [9.17, 15) is 9.90 Å². The number of aliphatic carboxylic acids is 1. The first-order valence-corrected chi connectivity index (χ1v) is 6.74. The van der Waals surface area contributed by atoms with Crippen LogP contribution in [0.5, 0.6) is 17.2 Å². The van der Waals surface area contributed by atoms with Crippen LogP contribution in [0, 0.1) is 0 Å². The van der Waals surface area contributed by atoms with Gasteiger partial charge in [0, 0.05) is 11.6 Å². The number of aliphatic hydroxyl groups excluding tert-OH is 1. The average Bonchev–Trinajstić information content (AvgIpc) is 2.54. The monoisotopic (exact) mass is 316 g/mol. The van der Waals surface area contributed by atoms with Crippen LogP contribution in [-0.4, -0.2) is 29.8 Å². The molecule has 0 amide bonds. The molecule has 120 valence electrons. The Morgan fingerprint density at radius 3 is 2.22 bits per heavy atom. The van der Waals surface area contributed by atoms with E-state index in [2.05, 4.69) is 0 Å². The van der Waals surface area contributed by atoms with Gasteiger partial charge in [-0.1, -0.05) is 30.3 Å². The van der Waals surface area contributed by atoms with Gasteiger partial charge in [0.25, 0.3) is 0 Å². The van der Waals surface area contributed by atoms with Gasteiger partial charge in [0.1, 0.15) is 5.75 Å². The summed E-state index contributed by atoms with van der Waals surface area (Å²) in [5.41, 5.74) is 0.498. The lowest BCUT2D eigenvalue weighted by molar-refractivity contribution is -0.160. The van der Waals surface area contributed by atoms with Crippen molar-refractivity contribution in [2.24, 2.45) is 0 Å². The van der Waals surface area contributed by atoms with Crippen molar-refractivity contribution in [3.63, 3.8) is 0 Å². The number of ether oxygens (including phenoxy) is 3. The molecule has 23 heavy (non-hydrogen) atoms. The van der Waals surface area contributed by atoms with Gasteiger partial charge in [-0.05, 0) is 24.3 Å². The minimum Gasteiger partial charge on any atom is -0.493 e. The second-order valence-corrected chi connectivity index (χ2v) is 4.40. The Bertz CT molecular complexity index is 695. The molecule has 1 atom stereocenters. The molecule has 1 unspecified atom stereocenters. The van der Waals surface area contributed by atoms with E-state index in [0.29, 0.717) is 17.1 Å². The molecule has 0 aliphatic rings. The van der Waals surface area contributed by atoms with Crippen LogP contribution in [0.4, 0.5) is 0 Å². The maximum atomic E-state index is 10.6. The van der Waals surface area contributed by atoms with Crippen molar-refractivity contribution in [3.8, 4) is 17.2 Å². The van der Waals surface area contributed by atoms with E-state index >= 15 is 0 Å². The number of methoxy groups -OCH3 is 1. The summed E-state index contributed by atoms with van der Waals surface area (Å²) in [6, 6.07) is 13.5. The van der Waals surface area contributed by atoms with Crippen LogP contribution in [0.2, 0.25) is 0 Å². The van der Waals surface area contributed by atoms with Gasteiger partial charge in [-0.3, -0.25) is 0 Å². The molecule has 2 rings (SSSR count). The van der Waals surface area contributed by atoms with E-state index in [4.69, 9.17) is 19.3 Å². The van der Waals surface area contributed by atoms with Gasteiger partial charge in [-0.2, -0.15) is 0 Å². The fourth-order valence-electron chi connectivity index (χ4n) is 1.84. The largest absolute Gasteiger partial charge is 0.493 e. The maximum Gasteiger partial charge on any atom is 0.358 e. The van der Waals surface area contributed by atoms with Crippen LogP contribution in [0.3, 0.4) is 0 Å². The van der Waals surface area contributed by atoms with Crippen LogP contribution >= 0.6 is 0 Å². The number of rotatable bonds is 7. The minimum absolute atomic E-state index is 0.285. The fraction of sp³-hybridized carbons (Fsp3) is 0.118. The highest BCUT2D eigenvalue weighted by Crippen LogP contribution is 2.27. The van der Waals surface area contributed by atoms with E-state index in [1.807, 2.05) is 0 Å². The molecule has 6 heteroatoms. The predicted octanol–water partition coefficient (Wildman–Crippen LogP) is 2.53. The molecule has 0 aliphatic carbocycles. The van der Waals surface area contributed by atoms with Crippen molar-refractivity contribution in [3.05, 3.63) is 60.2 Å². The zero-order chi connectivity index (χ0) is 16.7. The molecule has 2 aromatic rings. The third-order valence-corrected chi connectivity index (χ3v) is 2.85. The van der Waals surface area contributed by atoms with Crippen LogP contribution in [0.15, 0.2) is 54.6 Å². The zero-order valence-corrected chi connectivity index (χ0v) is 12.4. The standard InChI is InChI=1S/C17H16O6/c1-21-14-8-4-5-9-15(14)23-17(20)22-13-7-3-2-6-12(13)10-11-16(18)19/h2-11,17,20H,1H3,(H,18,19)/b11-10+. The average molecular weight is 316 g/mol. The van der Waals surface area contributed by atoms with Gasteiger partial charge >= 0.3 is 12.4 Å². The quantitative estimate of drug-likeness (QED) is 0.603. The lowest BCUT2D eigenvalue weighted by Crippen LogP contribution is -2.23. The molecule has 0 bridgehead atoms. The molecule has 0 fully saturated rings. The molecular formula is C17H16O6. The second kappa shape index (κ2) is 7.86. The van der Waals surface area contributed by atoms with Gasteiger partial charge in [0.2, 0.25) is 0 Å². The van der Waals surface area contributed by atoms with Gasteiger partial charge < -0.3 is 24.4 Å². The molecule has 0 aliphatic heterocycles. The van der Waals surface area contributed by atoms with Crippen molar-refractivity contribution in [2.45, 2.75) is 6.48 Å². The number of carboxylic acids is 1. The smallest absolute Gasteiger partial charge is 0.358 e. The summed E-state index contributed by atoms with van der Waals surface area (Å²) in [6.07, 6.45) is 2.35. The summed E-state index contributed by atoms with van der Waals surface area (Å²) in [7, 11) is 1.49. The Balaban J connectivity index is 2.11. The Morgan fingerprint density at radius 1 is 1.00 bits per heavy atom. The number of carbonyl (C=O) groups is 1. The number of benzene rings is 2. The van der Waals surface area contributed by atoms with Crippen molar-refractivity contribution >= 4 is 12.0 Å². The summed E-state index contributed by atoms with van der Waals surface area (Å²) >= 11 is 0. The van der Waals surface area contributed by atoms with Crippen molar-refractivity contribution in [1.29, 1.82) is 0 Å². The molecule has 0 radical (unpaired) electrons. The third-order valence-electron chi connectivity index (χ3n) is 2.85. The molecule has 2 N–H and O–H groups in total. The van der Waals surface area contributed by atoms with E-state index in [-0.39, 0.29) is 5.75 Å². The molecular weight excluding hydrogens is 300 g/mol. The van der Waals surface area contributed by atoms with Crippen LogP contribution in [0.1, 0.15) is 5.56 Å².